The van der Waals surface area contributed by atoms with E-state index in [0.29, 0.717) is 11.1 Å². The SMILES string of the molecule is CC(CC(=O)Br)N1C(=O)c2ccccc2C1=O. The van der Waals surface area contributed by atoms with Crippen LogP contribution in [0.3, 0.4) is 0 Å². The van der Waals surface area contributed by atoms with Crippen LogP contribution < -0.4 is 0 Å². The van der Waals surface area contributed by atoms with Crippen molar-refractivity contribution >= 4 is 32.4 Å². The van der Waals surface area contributed by atoms with Gasteiger partial charge in [0.15, 0.2) is 4.69 Å². The van der Waals surface area contributed by atoms with Crippen LogP contribution in [0, 0.1) is 0 Å². The van der Waals surface area contributed by atoms with Gasteiger partial charge in [-0.1, -0.05) is 12.1 Å². The number of halogens is 1. The minimum Gasteiger partial charge on any atom is -0.287 e. The summed E-state index contributed by atoms with van der Waals surface area (Å²) < 4.78 is -0.221. The van der Waals surface area contributed by atoms with Gasteiger partial charge in [-0.2, -0.15) is 0 Å². The number of benzene rings is 1. The van der Waals surface area contributed by atoms with E-state index in [-0.39, 0.29) is 22.9 Å². The lowest BCUT2D eigenvalue weighted by Crippen LogP contribution is -2.38. The predicted octanol–water partition coefficient (Wildman–Crippen LogP) is 1.98. The third-order valence-corrected chi connectivity index (χ3v) is 3.05. The number of fused-ring (bicyclic) bond motifs is 1. The molecule has 1 aliphatic rings. The highest BCUT2D eigenvalue weighted by Gasteiger charge is 2.38. The van der Waals surface area contributed by atoms with Gasteiger partial charge in [-0.05, 0) is 35.0 Å². The van der Waals surface area contributed by atoms with E-state index < -0.39 is 6.04 Å². The molecular weight excluding hydrogens is 286 g/mol. The monoisotopic (exact) mass is 295 g/mol. The van der Waals surface area contributed by atoms with E-state index in [1.54, 1.807) is 31.2 Å². The number of imide groups is 1. The molecule has 1 aromatic rings. The molecule has 0 aliphatic carbocycles. The summed E-state index contributed by atoms with van der Waals surface area (Å²) in [6.07, 6.45) is 0.117. The average molecular weight is 296 g/mol. The number of carbonyl (C=O) groups is 3. The molecule has 1 heterocycles. The van der Waals surface area contributed by atoms with E-state index in [1.807, 2.05) is 0 Å². The van der Waals surface area contributed by atoms with Crippen molar-refractivity contribution in [1.82, 2.24) is 4.90 Å². The Morgan fingerprint density at radius 2 is 1.71 bits per heavy atom. The Kier molecular flexibility index (Phi) is 3.11. The van der Waals surface area contributed by atoms with Crippen molar-refractivity contribution in [2.24, 2.45) is 0 Å². The Balaban J connectivity index is 2.33. The van der Waals surface area contributed by atoms with Gasteiger partial charge in [0.2, 0.25) is 0 Å². The Morgan fingerprint density at radius 1 is 1.24 bits per heavy atom. The number of hydrogen-bond acceptors (Lipinski definition) is 3. The van der Waals surface area contributed by atoms with Crippen molar-refractivity contribution in [3.8, 4) is 0 Å². The quantitative estimate of drug-likeness (QED) is 0.633. The van der Waals surface area contributed by atoms with Gasteiger partial charge in [0.05, 0.1) is 11.1 Å². The van der Waals surface area contributed by atoms with E-state index in [9.17, 15) is 14.4 Å². The van der Waals surface area contributed by atoms with E-state index in [4.69, 9.17) is 0 Å². The fourth-order valence-corrected chi connectivity index (χ4v) is 2.40. The molecule has 1 aromatic carbocycles. The molecule has 1 unspecified atom stereocenters. The normalized spacial score (nSPS) is 16.0. The second-order valence-electron chi connectivity index (χ2n) is 3.93. The predicted molar refractivity (Wildman–Crippen MR) is 65.0 cm³/mol. The summed E-state index contributed by atoms with van der Waals surface area (Å²) >= 11 is 2.81. The number of amides is 2. The summed E-state index contributed by atoms with van der Waals surface area (Å²) in [5.74, 6) is -0.654. The summed E-state index contributed by atoms with van der Waals surface area (Å²) in [7, 11) is 0. The lowest BCUT2D eigenvalue weighted by molar-refractivity contribution is -0.110. The first-order chi connectivity index (χ1) is 8.02. The topological polar surface area (TPSA) is 54.5 Å². The Morgan fingerprint density at radius 3 is 2.12 bits per heavy atom. The molecule has 2 rings (SSSR count). The number of hydrogen-bond donors (Lipinski definition) is 0. The fraction of sp³-hybridized carbons (Fsp3) is 0.250. The van der Waals surface area contributed by atoms with Crippen LogP contribution in [0.2, 0.25) is 0 Å². The molecule has 0 fully saturated rings. The van der Waals surface area contributed by atoms with Crippen molar-refractivity contribution in [2.75, 3.05) is 0 Å². The highest BCUT2D eigenvalue weighted by molar-refractivity contribution is 9.18. The van der Waals surface area contributed by atoms with Crippen molar-refractivity contribution in [2.45, 2.75) is 19.4 Å². The molecule has 2 amide bonds. The first kappa shape index (κ1) is 12.0. The van der Waals surface area contributed by atoms with Gasteiger partial charge in [0.25, 0.3) is 11.8 Å². The molecule has 4 nitrogen and oxygen atoms in total. The molecule has 0 saturated carbocycles. The molecule has 0 spiro atoms. The molecule has 0 radical (unpaired) electrons. The van der Waals surface area contributed by atoms with Crippen molar-refractivity contribution in [3.63, 3.8) is 0 Å². The van der Waals surface area contributed by atoms with Gasteiger partial charge >= 0.3 is 0 Å². The van der Waals surface area contributed by atoms with Gasteiger partial charge < -0.3 is 0 Å². The van der Waals surface area contributed by atoms with Gasteiger partial charge in [0.1, 0.15) is 0 Å². The summed E-state index contributed by atoms with van der Waals surface area (Å²) in [5, 5.41) is 0. The zero-order valence-corrected chi connectivity index (χ0v) is 10.7. The zero-order chi connectivity index (χ0) is 12.6. The van der Waals surface area contributed by atoms with Crippen LogP contribution in [-0.4, -0.2) is 27.4 Å². The molecular formula is C12H10BrNO3. The fourth-order valence-electron chi connectivity index (χ4n) is 1.93. The smallest absolute Gasteiger partial charge is 0.261 e. The highest BCUT2D eigenvalue weighted by Crippen LogP contribution is 2.25. The third-order valence-electron chi connectivity index (χ3n) is 2.72. The Hall–Kier alpha value is -1.49. The summed E-state index contributed by atoms with van der Waals surface area (Å²) in [6, 6.07) is 6.24. The molecule has 17 heavy (non-hydrogen) atoms. The Labute approximate surface area is 107 Å². The maximum absolute atomic E-state index is 12.0. The molecule has 1 aliphatic heterocycles. The van der Waals surface area contributed by atoms with Crippen molar-refractivity contribution in [1.29, 1.82) is 0 Å². The standard InChI is InChI=1S/C12H10BrNO3/c1-7(6-10(13)15)14-11(16)8-4-2-3-5-9(8)12(14)17/h2-5,7H,6H2,1H3. The lowest BCUT2D eigenvalue weighted by atomic mass is 10.1. The summed E-state index contributed by atoms with van der Waals surface area (Å²) in [6.45, 7) is 1.68. The average Bonchev–Trinajstić information content (AvgIpc) is 2.51. The molecule has 0 bridgehead atoms. The zero-order valence-electron chi connectivity index (χ0n) is 9.14. The van der Waals surface area contributed by atoms with E-state index >= 15 is 0 Å². The maximum Gasteiger partial charge on any atom is 0.261 e. The molecule has 1 atom stereocenters. The van der Waals surface area contributed by atoms with Crippen LogP contribution >= 0.6 is 15.9 Å². The first-order valence-electron chi connectivity index (χ1n) is 5.17. The van der Waals surface area contributed by atoms with Gasteiger partial charge in [-0.25, -0.2) is 0 Å². The van der Waals surface area contributed by atoms with Gasteiger partial charge in [-0.15, -0.1) is 0 Å². The van der Waals surface area contributed by atoms with E-state index in [2.05, 4.69) is 15.9 Å². The molecule has 88 valence electrons. The van der Waals surface area contributed by atoms with E-state index in [1.165, 1.54) is 0 Å². The number of nitrogens with zero attached hydrogens (tertiary/aromatic N) is 1. The van der Waals surface area contributed by atoms with Gasteiger partial charge in [-0.3, -0.25) is 19.3 Å². The van der Waals surface area contributed by atoms with Crippen LogP contribution in [-0.2, 0) is 4.79 Å². The largest absolute Gasteiger partial charge is 0.287 e. The minimum atomic E-state index is -0.436. The summed E-state index contributed by atoms with van der Waals surface area (Å²) in [4.78, 5) is 36.1. The third kappa shape index (κ3) is 2.02. The van der Waals surface area contributed by atoms with E-state index in [0.717, 1.165) is 4.90 Å². The molecule has 0 aromatic heterocycles. The van der Waals surface area contributed by atoms with Gasteiger partial charge in [0, 0.05) is 12.5 Å². The maximum atomic E-state index is 12.0. The summed E-state index contributed by atoms with van der Waals surface area (Å²) in [5.41, 5.74) is 0.817. The second kappa shape index (κ2) is 4.41. The van der Waals surface area contributed by atoms with Crippen LogP contribution in [0.1, 0.15) is 34.1 Å². The van der Waals surface area contributed by atoms with Crippen LogP contribution in [0.15, 0.2) is 24.3 Å². The number of rotatable bonds is 3. The van der Waals surface area contributed by atoms with Crippen LogP contribution in [0.4, 0.5) is 0 Å². The lowest BCUT2D eigenvalue weighted by Gasteiger charge is -2.20. The first-order valence-corrected chi connectivity index (χ1v) is 5.97. The minimum absolute atomic E-state index is 0.117. The van der Waals surface area contributed by atoms with Crippen molar-refractivity contribution < 1.29 is 14.4 Å². The van der Waals surface area contributed by atoms with Crippen LogP contribution in [0.5, 0.6) is 0 Å². The van der Waals surface area contributed by atoms with Crippen molar-refractivity contribution in [3.05, 3.63) is 35.4 Å². The highest BCUT2D eigenvalue weighted by atomic mass is 79.9. The number of carbonyl (C=O) groups excluding carboxylic acids is 3. The second-order valence-corrected chi connectivity index (χ2v) is 4.82. The molecule has 0 N–H and O–H groups in total. The Bertz CT molecular complexity index is 477. The molecule has 5 heteroatoms. The molecule has 0 saturated heterocycles. The van der Waals surface area contributed by atoms with Crippen LogP contribution in [0.25, 0.3) is 0 Å².